The van der Waals surface area contributed by atoms with Crippen LogP contribution in [0.25, 0.3) is 0 Å². The molecule has 0 aliphatic heterocycles. The number of likely N-dealkylation sites (N-methyl/N-ethyl adjacent to an activating group) is 1. The summed E-state index contributed by atoms with van der Waals surface area (Å²) in [6.45, 7) is 3.34. The molecule has 1 saturated carbocycles. The summed E-state index contributed by atoms with van der Waals surface area (Å²) in [6.07, 6.45) is 9.40. The van der Waals surface area contributed by atoms with E-state index in [2.05, 4.69) is 49.4 Å². The van der Waals surface area contributed by atoms with Crippen molar-refractivity contribution in [3.63, 3.8) is 0 Å². The zero-order valence-electron chi connectivity index (χ0n) is 13.9. The Hall–Kier alpha value is -0.860. The van der Waals surface area contributed by atoms with E-state index in [0.29, 0.717) is 11.6 Å². The zero-order chi connectivity index (χ0) is 14.9. The summed E-state index contributed by atoms with van der Waals surface area (Å²) >= 11 is 0. The highest BCUT2D eigenvalue weighted by Crippen LogP contribution is 2.35. The van der Waals surface area contributed by atoms with Gasteiger partial charge in [-0.05, 0) is 57.8 Å². The molecule has 21 heavy (non-hydrogen) atoms. The van der Waals surface area contributed by atoms with Crippen LogP contribution in [0.5, 0.6) is 0 Å². The van der Waals surface area contributed by atoms with Crippen LogP contribution in [-0.4, -0.2) is 31.1 Å². The summed E-state index contributed by atoms with van der Waals surface area (Å²) in [5.74, 6) is 0. The van der Waals surface area contributed by atoms with Gasteiger partial charge in [0.1, 0.15) is 0 Å². The fraction of sp³-hybridized carbons (Fsp3) is 0.684. The van der Waals surface area contributed by atoms with Crippen LogP contribution in [-0.2, 0) is 6.42 Å². The molecule has 1 atom stereocenters. The molecule has 2 nitrogen and oxygen atoms in total. The topological polar surface area (TPSA) is 15.3 Å². The fourth-order valence-electron chi connectivity index (χ4n) is 4.24. The average Bonchev–Trinajstić information content (AvgIpc) is 2.88. The third kappa shape index (κ3) is 3.02. The van der Waals surface area contributed by atoms with Gasteiger partial charge in [0.15, 0.2) is 0 Å². The summed E-state index contributed by atoms with van der Waals surface area (Å²) in [7, 11) is 4.53. The normalized spacial score (nSPS) is 24.3. The maximum atomic E-state index is 3.92. The number of hydrogen-bond acceptors (Lipinski definition) is 2. The van der Waals surface area contributed by atoms with Gasteiger partial charge in [-0.2, -0.15) is 0 Å². The van der Waals surface area contributed by atoms with Crippen LogP contribution in [0.2, 0.25) is 0 Å². The number of aryl methyl sites for hydroxylation is 2. The van der Waals surface area contributed by atoms with Crippen LogP contribution in [0.4, 0.5) is 0 Å². The maximum Gasteiger partial charge on any atom is 0.0328 e. The molecular weight excluding hydrogens is 256 g/mol. The van der Waals surface area contributed by atoms with E-state index in [1.807, 2.05) is 0 Å². The van der Waals surface area contributed by atoms with Crippen LogP contribution in [0.15, 0.2) is 18.2 Å². The molecule has 0 spiro atoms. The van der Waals surface area contributed by atoms with E-state index >= 15 is 0 Å². The van der Waals surface area contributed by atoms with Gasteiger partial charge >= 0.3 is 0 Å². The highest BCUT2D eigenvalue weighted by Gasteiger charge is 2.35. The molecule has 2 aliphatic carbocycles. The Labute approximate surface area is 129 Å². The van der Waals surface area contributed by atoms with Crippen molar-refractivity contribution in [3.8, 4) is 0 Å². The predicted octanol–water partition coefficient (Wildman–Crippen LogP) is 3.84. The molecule has 1 N–H and O–H groups in total. The lowest BCUT2D eigenvalue weighted by Gasteiger charge is -2.44. The third-order valence-corrected chi connectivity index (χ3v) is 5.79. The first-order chi connectivity index (χ1) is 10.1. The summed E-state index contributed by atoms with van der Waals surface area (Å²) < 4.78 is 0. The number of benzene rings is 1. The number of nitrogens with zero attached hydrogens (tertiary/aromatic N) is 1. The molecule has 0 aromatic heterocycles. The van der Waals surface area contributed by atoms with Crippen LogP contribution in [0, 0.1) is 6.92 Å². The van der Waals surface area contributed by atoms with Crippen molar-refractivity contribution in [2.45, 2.75) is 63.5 Å². The van der Waals surface area contributed by atoms with Crippen molar-refractivity contribution in [2.75, 3.05) is 20.6 Å². The Morgan fingerprint density at radius 1 is 1.19 bits per heavy atom. The second-order valence-corrected chi connectivity index (χ2v) is 7.35. The van der Waals surface area contributed by atoms with E-state index in [0.717, 1.165) is 6.54 Å². The first-order valence-corrected chi connectivity index (χ1v) is 8.61. The Morgan fingerprint density at radius 3 is 2.67 bits per heavy atom. The SMILES string of the molecule is Cc1ccc2c(c1)C(NCC1(N(C)C)CCCCC1)CC2. The maximum absolute atomic E-state index is 3.92. The lowest BCUT2D eigenvalue weighted by Crippen LogP contribution is -2.53. The van der Waals surface area contributed by atoms with Gasteiger partial charge in [-0.3, -0.25) is 0 Å². The highest BCUT2D eigenvalue weighted by molar-refractivity contribution is 5.37. The van der Waals surface area contributed by atoms with Crippen LogP contribution < -0.4 is 5.32 Å². The van der Waals surface area contributed by atoms with E-state index in [4.69, 9.17) is 0 Å². The molecule has 0 amide bonds. The van der Waals surface area contributed by atoms with Gasteiger partial charge in [-0.1, -0.05) is 43.0 Å². The number of nitrogens with one attached hydrogen (secondary N) is 1. The molecule has 2 aliphatic rings. The minimum Gasteiger partial charge on any atom is -0.308 e. The highest BCUT2D eigenvalue weighted by atomic mass is 15.2. The van der Waals surface area contributed by atoms with Crippen LogP contribution in [0.1, 0.15) is 61.3 Å². The average molecular weight is 286 g/mol. The summed E-state index contributed by atoms with van der Waals surface area (Å²) in [5.41, 5.74) is 4.88. The number of hydrogen-bond donors (Lipinski definition) is 1. The first-order valence-electron chi connectivity index (χ1n) is 8.61. The number of rotatable bonds is 4. The Morgan fingerprint density at radius 2 is 1.95 bits per heavy atom. The minimum absolute atomic E-state index is 0.380. The van der Waals surface area contributed by atoms with Gasteiger partial charge < -0.3 is 10.2 Å². The standard InChI is InChI=1S/C19H30N2/c1-15-7-8-16-9-10-18(17(16)13-15)20-14-19(21(2)3)11-5-4-6-12-19/h7-8,13,18,20H,4-6,9-12,14H2,1-3H3. The molecule has 1 fully saturated rings. The van der Waals surface area contributed by atoms with Gasteiger partial charge in [0, 0.05) is 18.1 Å². The van der Waals surface area contributed by atoms with E-state index in [1.165, 1.54) is 50.5 Å². The number of fused-ring (bicyclic) bond motifs is 1. The molecule has 0 heterocycles. The molecule has 1 aromatic carbocycles. The lowest BCUT2D eigenvalue weighted by atomic mass is 9.80. The largest absolute Gasteiger partial charge is 0.308 e. The molecule has 0 radical (unpaired) electrons. The zero-order valence-corrected chi connectivity index (χ0v) is 13.9. The monoisotopic (exact) mass is 286 g/mol. The molecule has 0 bridgehead atoms. The summed E-state index contributed by atoms with van der Waals surface area (Å²) in [6, 6.07) is 7.54. The smallest absolute Gasteiger partial charge is 0.0328 e. The van der Waals surface area contributed by atoms with E-state index < -0.39 is 0 Å². The Bertz CT molecular complexity index is 486. The molecule has 2 heteroatoms. The van der Waals surface area contributed by atoms with Crippen molar-refractivity contribution >= 4 is 0 Å². The molecule has 0 saturated heterocycles. The molecule has 116 valence electrons. The third-order valence-electron chi connectivity index (χ3n) is 5.79. The van der Waals surface area contributed by atoms with E-state index in [1.54, 1.807) is 11.1 Å². The fourth-order valence-corrected chi connectivity index (χ4v) is 4.24. The lowest BCUT2D eigenvalue weighted by molar-refractivity contribution is 0.0951. The predicted molar refractivity (Wildman–Crippen MR) is 89.7 cm³/mol. The van der Waals surface area contributed by atoms with E-state index in [-0.39, 0.29) is 0 Å². The van der Waals surface area contributed by atoms with Gasteiger partial charge in [-0.25, -0.2) is 0 Å². The summed E-state index contributed by atoms with van der Waals surface area (Å²) in [5, 5.41) is 3.92. The summed E-state index contributed by atoms with van der Waals surface area (Å²) in [4.78, 5) is 2.48. The van der Waals surface area contributed by atoms with Gasteiger partial charge in [-0.15, -0.1) is 0 Å². The van der Waals surface area contributed by atoms with Crippen molar-refractivity contribution in [3.05, 3.63) is 34.9 Å². The minimum atomic E-state index is 0.380. The Balaban J connectivity index is 1.69. The van der Waals surface area contributed by atoms with Crippen molar-refractivity contribution in [2.24, 2.45) is 0 Å². The van der Waals surface area contributed by atoms with Gasteiger partial charge in [0.25, 0.3) is 0 Å². The van der Waals surface area contributed by atoms with Gasteiger partial charge in [0.2, 0.25) is 0 Å². The van der Waals surface area contributed by atoms with Crippen molar-refractivity contribution < 1.29 is 0 Å². The molecule has 1 aromatic rings. The van der Waals surface area contributed by atoms with E-state index in [9.17, 15) is 0 Å². The van der Waals surface area contributed by atoms with Crippen molar-refractivity contribution in [1.82, 2.24) is 10.2 Å². The van der Waals surface area contributed by atoms with Gasteiger partial charge in [0.05, 0.1) is 0 Å². The van der Waals surface area contributed by atoms with Crippen molar-refractivity contribution in [1.29, 1.82) is 0 Å². The van der Waals surface area contributed by atoms with Crippen LogP contribution in [0.3, 0.4) is 0 Å². The quantitative estimate of drug-likeness (QED) is 0.905. The molecule has 3 rings (SSSR count). The Kier molecular flexibility index (Phi) is 4.37. The molecular formula is C19H30N2. The first kappa shape index (κ1) is 15.1. The second kappa shape index (κ2) is 6.10. The van der Waals surface area contributed by atoms with Crippen LogP contribution >= 0.6 is 0 Å². The second-order valence-electron chi connectivity index (χ2n) is 7.35. The molecule has 1 unspecified atom stereocenters.